The van der Waals surface area contributed by atoms with Gasteiger partial charge in [-0.1, -0.05) is 29.8 Å². The standard InChI is InChI=1S/C21H21ClN2O4S/c1-14-19(24-21(28-14)15-7-9-17(27-2)10-8-15)12-29(26)13-20(25)23-11-16-5-3-4-6-18(16)22/h3-10H,11-13H2,1-2H3,(H,23,25)/t29-/m1/s1. The lowest BCUT2D eigenvalue weighted by Gasteiger charge is -2.06. The molecule has 152 valence electrons. The van der Waals surface area contributed by atoms with Crippen molar-refractivity contribution >= 4 is 28.3 Å². The van der Waals surface area contributed by atoms with Crippen molar-refractivity contribution in [2.45, 2.75) is 19.2 Å². The van der Waals surface area contributed by atoms with E-state index in [2.05, 4.69) is 10.3 Å². The summed E-state index contributed by atoms with van der Waals surface area (Å²) < 4.78 is 23.2. The van der Waals surface area contributed by atoms with Gasteiger partial charge in [0.1, 0.15) is 17.3 Å². The lowest BCUT2D eigenvalue weighted by atomic mass is 10.2. The summed E-state index contributed by atoms with van der Waals surface area (Å²) in [5.41, 5.74) is 2.18. The lowest BCUT2D eigenvalue weighted by Crippen LogP contribution is -2.28. The second kappa shape index (κ2) is 9.71. The molecule has 6 nitrogen and oxygen atoms in total. The van der Waals surface area contributed by atoms with Crippen LogP contribution in [0, 0.1) is 6.92 Å². The van der Waals surface area contributed by atoms with Crippen molar-refractivity contribution in [3.05, 3.63) is 70.6 Å². The van der Waals surface area contributed by atoms with Crippen LogP contribution < -0.4 is 10.1 Å². The molecule has 1 aromatic heterocycles. The number of rotatable bonds is 8. The Bertz CT molecular complexity index is 1020. The van der Waals surface area contributed by atoms with Gasteiger partial charge >= 0.3 is 0 Å². The van der Waals surface area contributed by atoms with Crippen LogP contribution in [0.4, 0.5) is 0 Å². The summed E-state index contributed by atoms with van der Waals surface area (Å²) in [4.78, 5) is 16.5. The number of amides is 1. The molecule has 0 fully saturated rings. The third-order valence-electron chi connectivity index (χ3n) is 4.25. The van der Waals surface area contributed by atoms with Gasteiger partial charge < -0.3 is 14.5 Å². The smallest absolute Gasteiger partial charge is 0.232 e. The summed E-state index contributed by atoms with van der Waals surface area (Å²) in [6.07, 6.45) is 0. The Labute approximate surface area is 176 Å². The quantitative estimate of drug-likeness (QED) is 0.584. The molecule has 0 aliphatic carbocycles. The molecule has 1 amide bonds. The first-order chi connectivity index (χ1) is 14.0. The zero-order chi connectivity index (χ0) is 20.8. The predicted molar refractivity (Wildman–Crippen MR) is 113 cm³/mol. The molecule has 0 unspecified atom stereocenters. The molecule has 2 aromatic carbocycles. The molecule has 1 atom stereocenters. The SMILES string of the molecule is COc1ccc(-c2nc(C[S@@](=O)CC(=O)NCc3ccccc3Cl)c(C)o2)cc1. The first kappa shape index (κ1) is 21.1. The van der Waals surface area contributed by atoms with Crippen molar-refractivity contribution in [2.75, 3.05) is 12.9 Å². The summed E-state index contributed by atoms with van der Waals surface area (Å²) in [7, 11) is 0.189. The first-order valence-corrected chi connectivity index (χ1v) is 10.8. The molecular formula is C21H21ClN2O4S. The van der Waals surface area contributed by atoms with Crippen LogP contribution in [0.2, 0.25) is 5.02 Å². The maximum Gasteiger partial charge on any atom is 0.232 e. The topological polar surface area (TPSA) is 81.4 Å². The Morgan fingerprint density at radius 1 is 1.21 bits per heavy atom. The van der Waals surface area contributed by atoms with E-state index in [4.69, 9.17) is 20.8 Å². The van der Waals surface area contributed by atoms with Crippen molar-refractivity contribution in [1.82, 2.24) is 10.3 Å². The summed E-state index contributed by atoms with van der Waals surface area (Å²) in [5.74, 6) is 1.49. The molecule has 0 aliphatic heterocycles. The van der Waals surface area contributed by atoms with Crippen LogP contribution in [0.25, 0.3) is 11.5 Å². The molecule has 1 heterocycles. The fourth-order valence-corrected chi connectivity index (χ4v) is 3.93. The fraction of sp³-hybridized carbons (Fsp3) is 0.238. The monoisotopic (exact) mass is 432 g/mol. The number of carbonyl (C=O) groups is 1. The Kier molecular flexibility index (Phi) is 7.06. The van der Waals surface area contributed by atoms with Gasteiger partial charge in [0.25, 0.3) is 0 Å². The van der Waals surface area contributed by atoms with Crippen molar-refractivity contribution in [1.29, 1.82) is 0 Å². The molecule has 8 heteroatoms. The number of nitrogens with one attached hydrogen (secondary N) is 1. The lowest BCUT2D eigenvalue weighted by molar-refractivity contribution is -0.118. The van der Waals surface area contributed by atoms with Crippen LogP contribution in [0.15, 0.2) is 52.9 Å². The minimum Gasteiger partial charge on any atom is -0.497 e. The van der Waals surface area contributed by atoms with Crippen molar-refractivity contribution in [3.8, 4) is 17.2 Å². The highest BCUT2D eigenvalue weighted by atomic mass is 35.5. The van der Waals surface area contributed by atoms with E-state index >= 15 is 0 Å². The highest BCUT2D eigenvalue weighted by Gasteiger charge is 2.16. The number of carbonyl (C=O) groups excluding carboxylic acids is 1. The number of nitrogens with zero attached hydrogens (tertiary/aromatic N) is 1. The average molecular weight is 433 g/mol. The molecule has 29 heavy (non-hydrogen) atoms. The number of halogens is 1. The second-order valence-corrected chi connectivity index (χ2v) is 8.21. The van der Waals surface area contributed by atoms with Crippen LogP contribution in [0.5, 0.6) is 5.75 Å². The zero-order valence-electron chi connectivity index (χ0n) is 16.1. The van der Waals surface area contributed by atoms with Gasteiger partial charge in [0.15, 0.2) is 0 Å². The maximum atomic E-state index is 12.4. The highest BCUT2D eigenvalue weighted by Crippen LogP contribution is 2.24. The molecule has 0 saturated carbocycles. The number of oxazole rings is 1. The van der Waals surface area contributed by atoms with Gasteiger partial charge in [0.05, 0.1) is 18.6 Å². The van der Waals surface area contributed by atoms with Gasteiger partial charge in [0, 0.05) is 27.9 Å². The van der Waals surface area contributed by atoms with Crippen molar-refractivity contribution in [2.24, 2.45) is 0 Å². The second-order valence-electron chi connectivity index (χ2n) is 6.35. The number of methoxy groups -OCH3 is 1. The Morgan fingerprint density at radius 3 is 2.62 bits per heavy atom. The largest absolute Gasteiger partial charge is 0.497 e. The zero-order valence-corrected chi connectivity index (χ0v) is 17.7. The van der Waals surface area contributed by atoms with E-state index in [1.54, 1.807) is 20.1 Å². The van der Waals surface area contributed by atoms with E-state index < -0.39 is 10.8 Å². The molecule has 3 aromatic rings. The van der Waals surface area contributed by atoms with Crippen molar-refractivity contribution < 1.29 is 18.2 Å². The molecule has 0 spiro atoms. The fourth-order valence-electron chi connectivity index (χ4n) is 2.66. The van der Waals surface area contributed by atoms with Gasteiger partial charge in [-0.2, -0.15) is 0 Å². The number of hydrogen-bond donors (Lipinski definition) is 1. The predicted octanol–water partition coefficient (Wildman–Crippen LogP) is 3.88. The summed E-state index contributed by atoms with van der Waals surface area (Å²) in [5, 5.41) is 3.32. The van der Waals surface area contributed by atoms with E-state index in [9.17, 15) is 9.00 Å². The first-order valence-electron chi connectivity index (χ1n) is 8.92. The third kappa shape index (κ3) is 5.68. The molecule has 0 bridgehead atoms. The van der Waals surface area contributed by atoms with Crippen LogP contribution in [-0.2, 0) is 27.9 Å². The molecule has 0 saturated heterocycles. The Hall–Kier alpha value is -2.64. The Morgan fingerprint density at radius 2 is 1.93 bits per heavy atom. The van der Waals surface area contributed by atoms with Crippen LogP contribution in [-0.4, -0.2) is 28.0 Å². The van der Waals surface area contributed by atoms with Gasteiger partial charge in [-0.05, 0) is 42.8 Å². The third-order valence-corrected chi connectivity index (χ3v) is 5.80. The van der Waals surface area contributed by atoms with Gasteiger partial charge in [-0.15, -0.1) is 0 Å². The summed E-state index contributed by atoms with van der Waals surface area (Å²) in [6, 6.07) is 14.6. The van der Waals surface area contributed by atoms with Crippen molar-refractivity contribution in [3.63, 3.8) is 0 Å². The van der Waals surface area contributed by atoms with Gasteiger partial charge in [-0.3, -0.25) is 9.00 Å². The number of aromatic nitrogens is 1. The summed E-state index contributed by atoms with van der Waals surface area (Å²) in [6.45, 7) is 2.06. The number of hydrogen-bond acceptors (Lipinski definition) is 5. The molecule has 3 rings (SSSR count). The number of aryl methyl sites for hydroxylation is 1. The maximum absolute atomic E-state index is 12.4. The summed E-state index contributed by atoms with van der Waals surface area (Å²) >= 11 is 6.07. The Balaban J connectivity index is 1.56. The van der Waals surface area contributed by atoms with E-state index in [1.807, 2.05) is 42.5 Å². The number of benzene rings is 2. The van der Waals surface area contributed by atoms with E-state index in [1.165, 1.54) is 0 Å². The minimum atomic E-state index is -1.41. The van der Waals surface area contributed by atoms with Gasteiger partial charge in [-0.25, -0.2) is 4.98 Å². The average Bonchev–Trinajstić information content (AvgIpc) is 3.07. The minimum absolute atomic E-state index is 0.116. The molecule has 1 N–H and O–H groups in total. The van der Waals surface area contributed by atoms with Crippen LogP contribution in [0.3, 0.4) is 0 Å². The molecule has 0 radical (unpaired) electrons. The van der Waals surface area contributed by atoms with E-state index in [-0.39, 0.29) is 17.4 Å². The molecule has 0 aliphatic rings. The normalized spacial score (nSPS) is 11.8. The van der Waals surface area contributed by atoms with Gasteiger partial charge in [0.2, 0.25) is 11.8 Å². The van der Waals surface area contributed by atoms with E-state index in [0.717, 1.165) is 16.9 Å². The van der Waals surface area contributed by atoms with Crippen LogP contribution >= 0.6 is 11.6 Å². The highest BCUT2D eigenvalue weighted by molar-refractivity contribution is 7.84. The molecular weight excluding hydrogens is 412 g/mol. The van der Waals surface area contributed by atoms with E-state index in [0.29, 0.717) is 28.9 Å². The van der Waals surface area contributed by atoms with Crippen LogP contribution in [0.1, 0.15) is 17.0 Å². The number of ether oxygens (including phenoxy) is 1.